The first-order chi connectivity index (χ1) is 11.3. The number of oxime groups is 1. The van der Waals surface area contributed by atoms with E-state index in [4.69, 9.17) is 14.3 Å². The van der Waals surface area contributed by atoms with Crippen LogP contribution in [0.25, 0.3) is 0 Å². The van der Waals surface area contributed by atoms with Crippen molar-refractivity contribution in [1.29, 1.82) is 0 Å². The van der Waals surface area contributed by atoms with Crippen molar-refractivity contribution >= 4 is 11.6 Å². The van der Waals surface area contributed by atoms with Gasteiger partial charge in [0.05, 0.1) is 12.3 Å². The van der Waals surface area contributed by atoms with Crippen molar-refractivity contribution in [3.8, 4) is 11.5 Å². The first kappa shape index (κ1) is 16.6. The Kier molecular flexibility index (Phi) is 4.39. The molecule has 6 heteroatoms. The van der Waals surface area contributed by atoms with Crippen LogP contribution in [0.15, 0.2) is 23.4 Å². The summed E-state index contributed by atoms with van der Waals surface area (Å²) in [5.74, 6) is 1.61. The lowest BCUT2D eigenvalue weighted by atomic mass is 9.91. The zero-order chi connectivity index (χ0) is 17.3. The minimum absolute atomic E-state index is 0.0178. The standard InChI is InChI=1S/C18H24N2O4/c1-18(2,3)9-17(21)20(4)10-13-8-14(19-24-13)12-5-6-15-16(7-12)23-11-22-15/h5-7,13H,8-11H2,1-4H3. The van der Waals surface area contributed by atoms with Crippen LogP contribution in [0.3, 0.4) is 0 Å². The average Bonchev–Trinajstić information content (AvgIpc) is 3.13. The van der Waals surface area contributed by atoms with Gasteiger partial charge in [-0.25, -0.2) is 0 Å². The fourth-order valence-corrected chi connectivity index (χ4v) is 2.77. The lowest BCUT2D eigenvalue weighted by Gasteiger charge is -2.24. The zero-order valence-corrected chi connectivity index (χ0v) is 14.7. The van der Waals surface area contributed by atoms with Crippen molar-refractivity contribution in [2.24, 2.45) is 10.6 Å². The normalized spacial score (nSPS) is 19.0. The molecule has 130 valence electrons. The number of rotatable bonds is 4. The van der Waals surface area contributed by atoms with Gasteiger partial charge < -0.3 is 19.2 Å². The molecule has 1 aromatic rings. The summed E-state index contributed by atoms with van der Waals surface area (Å²) in [4.78, 5) is 19.5. The molecule has 0 spiro atoms. The highest BCUT2D eigenvalue weighted by atomic mass is 16.7. The Morgan fingerprint density at radius 2 is 2.04 bits per heavy atom. The number of ether oxygens (including phenoxy) is 2. The minimum atomic E-state index is -0.112. The van der Waals surface area contributed by atoms with E-state index in [-0.39, 0.29) is 24.2 Å². The molecule has 1 atom stereocenters. The number of hydrogen-bond acceptors (Lipinski definition) is 5. The van der Waals surface area contributed by atoms with Gasteiger partial charge in [-0.05, 0) is 23.6 Å². The summed E-state index contributed by atoms with van der Waals surface area (Å²) in [6, 6.07) is 5.75. The topological polar surface area (TPSA) is 60.4 Å². The highest BCUT2D eigenvalue weighted by molar-refractivity contribution is 6.01. The summed E-state index contributed by atoms with van der Waals surface area (Å²) < 4.78 is 10.7. The maximum Gasteiger partial charge on any atom is 0.231 e. The van der Waals surface area contributed by atoms with Gasteiger partial charge in [-0.2, -0.15) is 0 Å². The summed E-state index contributed by atoms with van der Waals surface area (Å²) in [5.41, 5.74) is 1.82. The summed E-state index contributed by atoms with van der Waals surface area (Å²) in [6.45, 7) is 6.97. The van der Waals surface area contributed by atoms with Crippen molar-refractivity contribution in [1.82, 2.24) is 4.90 Å². The number of carbonyl (C=O) groups is 1. The lowest BCUT2D eigenvalue weighted by molar-refractivity contribution is -0.133. The number of nitrogens with zero attached hydrogens (tertiary/aromatic N) is 2. The number of hydrogen-bond donors (Lipinski definition) is 0. The van der Waals surface area contributed by atoms with Crippen LogP contribution < -0.4 is 9.47 Å². The second-order valence-corrected chi connectivity index (χ2v) is 7.55. The lowest BCUT2D eigenvalue weighted by Crippen LogP contribution is -2.36. The van der Waals surface area contributed by atoms with Crippen molar-refractivity contribution in [2.45, 2.75) is 39.7 Å². The van der Waals surface area contributed by atoms with Gasteiger partial charge in [0.25, 0.3) is 0 Å². The van der Waals surface area contributed by atoms with Crippen molar-refractivity contribution < 1.29 is 19.1 Å². The first-order valence-electron chi connectivity index (χ1n) is 8.18. The third-order valence-electron chi connectivity index (χ3n) is 4.02. The third kappa shape index (κ3) is 3.80. The fraction of sp³-hybridized carbons (Fsp3) is 0.556. The Balaban J connectivity index is 1.56. The Labute approximate surface area is 142 Å². The van der Waals surface area contributed by atoms with Crippen LogP contribution in [0.2, 0.25) is 0 Å². The van der Waals surface area contributed by atoms with E-state index >= 15 is 0 Å². The molecule has 2 aliphatic rings. The van der Waals surface area contributed by atoms with E-state index in [2.05, 4.69) is 25.9 Å². The maximum atomic E-state index is 12.2. The molecule has 1 unspecified atom stereocenters. The largest absolute Gasteiger partial charge is 0.454 e. The van der Waals surface area contributed by atoms with Crippen molar-refractivity contribution in [3.05, 3.63) is 23.8 Å². The zero-order valence-electron chi connectivity index (χ0n) is 14.7. The van der Waals surface area contributed by atoms with Gasteiger partial charge in [-0.15, -0.1) is 0 Å². The number of carbonyl (C=O) groups excluding carboxylic acids is 1. The first-order valence-corrected chi connectivity index (χ1v) is 8.18. The van der Waals surface area contributed by atoms with Crippen LogP contribution in [0.1, 0.15) is 39.2 Å². The molecule has 0 bridgehead atoms. The Bertz CT molecular complexity index is 663. The summed E-state index contributed by atoms with van der Waals surface area (Å²) in [5, 5.41) is 4.18. The van der Waals surface area contributed by atoms with Gasteiger partial charge in [0, 0.05) is 25.5 Å². The highest BCUT2D eigenvalue weighted by Gasteiger charge is 2.27. The van der Waals surface area contributed by atoms with E-state index in [0.29, 0.717) is 19.4 Å². The number of likely N-dealkylation sites (N-methyl/N-ethyl adjacent to an activating group) is 1. The predicted octanol–water partition coefficient (Wildman–Crippen LogP) is 2.80. The van der Waals surface area contributed by atoms with Gasteiger partial charge in [0.15, 0.2) is 17.6 Å². The highest BCUT2D eigenvalue weighted by Crippen LogP contribution is 2.33. The van der Waals surface area contributed by atoms with Crippen molar-refractivity contribution in [3.63, 3.8) is 0 Å². The molecule has 6 nitrogen and oxygen atoms in total. The summed E-state index contributed by atoms with van der Waals surface area (Å²) in [6.07, 6.45) is 1.08. The molecule has 2 heterocycles. The summed E-state index contributed by atoms with van der Waals surface area (Å²) >= 11 is 0. The second-order valence-electron chi connectivity index (χ2n) is 7.55. The molecule has 1 aromatic carbocycles. The molecule has 24 heavy (non-hydrogen) atoms. The Morgan fingerprint density at radius 3 is 2.79 bits per heavy atom. The number of benzene rings is 1. The number of fused-ring (bicyclic) bond motifs is 1. The molecule has 0 aliphatic carbocycles. The molecule has 0 radical (unpaired) electrons. The van der Waals surface area contributed by atoms with Gasteiger partial charge in [0.2, 0.25) is 12.7 Å². The quantitative estimate of drug-likeness (QED) is 0.851. The van der Waals surface area contributed by atoms with E-state index in [1.54, 1.807) is 4.90 Å². The van der Waals surface area contributed by atoms with E-state index in [0.717, 1.165) is 22.8 Å². The molecule has 3 rings (SSSR count). The molecule has 1 amide bonds. The van der Waals surface area contributed by atoms with E-state index in [9.17, 15) is 4.79 Å². The van der Waals surface area contributed by atoms with Crippen LogP contribution in [0.5, 0.6) is 11.5 Å². The predicted molar refractivity (Wildman–Crippen MR) is 90.3 cm³/mol. The fourth-order valence-electron chi connectivity index (χ4n) is 2.77. The Hall–Kier alpha value is -2.24. The van der Waals surface area contributed by atoms with E-state index < -0.39 is 0 Å². The van der Waals surface area contributed by atoms with E-state index in [1.165, 1.54) is 0 Å². The molecule has 0 N–H and O–H groups in total. The van der Waals surface area contributed by atoms with Gasteiger partial charge >= 0.3 is 0 Å². The van der Waals surface area contributed by atoms with Crippen LogP contribution >= 0.6 is 0 Å². The monoisotopic (exact) mass is 332 g/mol. The van der Waals surface area contributed by atoms with Crippen LogP contribution in [-0.4, -0.2) is 43.0 Å². The molecule has 0 saturated carbocycles. The van der Waals surface area contributed by atoms with Crippen LogP contribution in [0.4, 0.5) is 0 Å². The molecule has 2 aliphatic heterocycles. The number of amides is 1. The van der Waals surface area contributed by atoms with E-state index in [1.807, 2.05) is 25.2 Å². The van der Waals surface area contributed by atoms with Crippen LogP contribution in [0, 0.1) is 5.41 Å². The molecule has 0 aromatic heterocycles. The van der Waals surface area contributed by atoms with Crippen LogP contribution in [-0.2, 0) is 9.63 Å². The summed E-state index contributed by atoms with van der Waals surface area (Å²) in [7, 11) is 1.82. The SMILES string of the molecule is CN(CC1CC(c2ccc3c(c2)OCO3)=NO1)C(=O)CC(C)(C)C. The third-order valence-corrected chi connectivity index (χ3v) is 4.02. The smallest absolute Gasteiger partial charge is 0.231 e. The molecular formula is C18H24N2O4. The maximum absolute atomic E-state index is 12.2. The minimum Gasteiger partial charge on any atom is -0.454 e. The van der Waals surface area contributed by atoms with Gasteiger partial charge in [0.1, 0.15) is 0 Å². The van der Waals surface area contributed by atoms with Crippen molar-refractivity contribution in [2.75, 3.05) is 20.4 Å². The molecular weight excluding hydrogens is 308 g/mol. The molecule has 0 fully saturated rings. The molecule has 0 saturated heterocycles. The average molecular weight is 332 g/mol. The van der Waals surface area contributed by atoms with Gasteiger partial charge in [-0.1, -0.05) is 25.9 Å². The van der Waals surface area contributed by atoms with Gasteiger partial charge in [-0.3, -0.25) is 4.79 Å². The second kappa shape index (κ2) is 6.34. The Morgan fingerprint density at radius 1 is 1.29 bits per heavy atom.